The van der Waals surface area contributed by atoms with Crippen LogP contribution in [0, 0.1) is 0 Å². The molecular formula is C16H18N2O6S2. The number of carbonyl (C=O) groups excluding carboxylic acids is 3. The Labute approximate surface area is 156 Å². The van der Waals surface area contributed by atoms with Crippen molar-refractivity contribution in [1.29, 1.82) is 0 Å². The molecule has 0 aromatic carbocycles. The van der Waals surface area contributed by atoms with Crippen molar-refractivity contribution in [2.24, 2.45) is 0 Å². The number of ether oxygens (including phenoxy) is 2. The molecule has 1 aromatic rings. The summed E-state index contributed by atoms with van der Waals surface area (Å²) in [6, 6.07) is 3.46. The summed E-state index contributed by atoms with van der Waals surface area (Å²) in [6.07, 6.45) is 1.53. The van der Waals surface area contributed by atoms with E-state index in [4.69, 9.17) is 9.47 Å². The molecule has 0 bridgehead atoms. The summed E-state index contributed by atoms with van der Waals surface area (Å²) < 4.78 is 23.3. The molecule has 3 heterocycles. The van der Waals surface area contributed by atoms with Gasteiger partial charge in [-0.3, -0.25) is 28.4 Å². The molecule has 2 amide bonds. The van der Waals surface area contributed by atoms with Gasteiger partial charge in [0.25, 0.3) is 11.6 Å². The zero-order valence-electron chi connectivity index (χ0n) is 14.5. The molecule has 2 aliphatic heterocycles. The molecule has 0 saturated carbocycles. The number of anilines is 1. The van der Waals surface area contributed by atoms with Crippen LogP contribution >= 0.6 is 11.3 Å². The Balaban J connectivity index is 1.96. The third-order valence-electron chi connectivity index (χ3n) is 4.17. The number of rotatable bonds is 5. The lowest BCUT2D eigenvalue weighted by Gasteiger charge is -2.57. The summed E-state index contributed by atoms with van der Waals surface area (Å²) in [7, 11) is -0.203. The second kappa shape index (κ2) is 6.93. The molecule has 140 valence electrons. The van der Waals surface area contributed by atoms with Crippen molar-refractivity contribution in [3.05, 3.63) is 29.3 Å². The van der Waals surface area contributed by atoms with Crippen LogP contribution in [0.4, 0.5) is 5.00 Å². The molecule has 2 aliphatic rings. The predicted molar refractivity (Wildman–Crippen MR) is 95.6 cm³/mol. The summed E-state index contributed by atoms with van der Waals surface area (Å²) in [5.41, 5.74) is -1.08. The van der Waals surface area contributed by atoms with Gasteiger partial charge in [-0.25, -0.2) is 0 Å². The number of methoxy groups -OCH3 is 1. The van der Waals surface area contributed by atoms with E-state index in [1.807, 2.05) is 0 Å². The van der Waals surface area contributed by atoms with Gasteiger partial charge in [0.05, 0.1) is 16.6 Å². The van der Waals surface area contributed by atoms with Gasteiger partial charge in [-0.2, -0.15) is 0 Å². The third-order valence-corrected chi connectivity index (χ3v) is 6.73. The van der Waals surface area contributed by atoms with Gasteiger partial charge in [0.2, 0.25) is 5.91 Å². The van der Waals surface area contributed by atoms with Crippen LogP contribution in [0.5, 0.6) is 0 Å². The first-order chi connectivity index (χ1) is 12.3. The van der Waals surface area contributed by atoms with Gasteiger partial charge in [0, 0.05) is 27.2 Å². The van der Waals surface area contributed by atoms with E-state index in [9.17, 15) is 18.6 Å². The average Bonchev–Trinajstić information content (AvgIpc) is 3.10. The van der Waals surface area contributed by atoms with Crippen LogP contribution in [-0.2, 0) is 34.7 Å². The van der Waals surface area contributed by atoms with E-state index in [1.54, 1.807) is 17.5 Å². The fraction of sp³-hybridized carbons (Fsp3) is 0.438. The van der Waals surface area contributed by atoms with E-state index in [2.05, 4.69) is 0 Å². The van der Waals surface area contributed by atoms with Crippen LogP contribution in [0.1, 0.15) is 13.8 Å². The second-order valence-electron chi connectivity index (χ2n) is 5.86. The third kappa shape index (κ3) is 2.78. The summed E-state index contributed by atoms with van der Waals surface area (Å²) in [5, 5.41) is 1.50. The maximum atomic E-state index is 12.9. The zero-order valence-corrected chi connectivity index (χ0v) is 16.1. The first kappa shape index (κ1) is 18.7. The summed E-state index contributed by atoms with van der Waals surface area (Å²) in [4.78, 5) is 38.8. The monoisotopic (exact) mass is 398 g/mol. The summed E-state index contributed by atoms with van der Waals surface area (Å²) >= 11 is 1.29. The van der Waals surface area contributed by atoms with Gasteiger partial charge in [0.15, 0.2) is 5.37 Å². The Hall–Kier alpha value is -2.04. The second-order valence-corrected chi connectivity index (χ2v) is 8.29. The number of hydrogen-bond donors (Lipinski definition) is 0. The van der Waals surface area contributed by atoms with Crippen molar-refractivity contribution >= 4 is 44.9 Å². The highest BCUT2D eigenvalue weighted by molar-refractivity contribution is 7.86. The highest BCUT2D eigenvalue weighted by Crippen LogP contribution is 2.45. The standard InChI is InChI=1S/C16H18N2O6S2/c1-10(19)18(13-5-4-6-25-13)16(23-3)14(21)17-7-12(8-24-11(2)20)9-26(22)15(16)17/h4-7,15H,8-9H2,1-3H3/t15-,16?,26?/m1/s1. The minimum atomic E-state index is -1.65. The Morgan fingerprint density at radius 3 is 2.73 bits per heavy atom. The molecule has 0 aliphatic carbocycles. The minimum absolute atomic E-state index is 0.0289. The van der Waals surface area contributed by atoms with Crippen molar-refractivity contribution in [3.8, 4) is 0 Å². The van der Waals surface area contributed by atoms with E-state index >= 15 is 0 Å². The molecule has 0 radical (unpaired) electrons. The number of thiophene rings is 1. The van der Waals surface area contributed by atoms with Crippen molar-refractivity contribution in [2.45, 2.75) is 24.9 Å². The van der Waals surface area contributed by atoms with Gasteiger partial charge in [-0.15, -0.1) is 11.3 Å². The van der Waals surface area contributed by atoms with E-state index < -0.39 is 33.8 Å². The Kier molecular flexibility index (Phi) is 5.00. The van der Waals surface area contributed by atoms with Gasteiger partial charge >= 0.3 is 5.97 Å². The van der Waals surface area contributed by atoms with E-state index in [0.29, 0.717) is 10.6 Å². The van der Waals surface area contributed by atoms with Crippen LogP contribution in [-0.4, -0.2) is 57.5 Å². The Morgan fingerprint density at radius 2 is 2.19 bits per heavy atom. The number of β-lactam (4-membered cyclic amide) rings is 1. The van der Waals surface area contributed by atoms with Crippen molar-refractivity contribution in [3.63, 3.8) is 0 Å². The van der Waals surface area contributed by atoms with Crippen LogP contribution < -0.4 is 4.90 Å². The molecule has 3 atom stereocenters. The molecule has 26 heavy (non-hydrogen) atoms. The Bertz CT molecular complexity index is 806. The molecule has 1 aromatic heterocycles. The van der Waals surface area contributed by atoms with Gasteiger partial charge in [0.1, 0.15) is 11.6 Å². The van der Waals surface area contributed by atoms with Gasteiger partial charge in [-0.05, 0) is 23.1 Å². The molecule has 10 heteroatoms. The van der Waals surface area contributed by atoms with Crippen LogP contribution in [0.2, 0.25) is 0 Å². The molecular weight excluding hydrogens is 380 g/mol. The topological polar surface area (TPSA) is 93.2 Å². The zero-order chi connectivity index (χ0) is 19.1. The predicted octanol–water partition coefficient (Wildman–Crippen LogP) is 0.821. The highest BCUT2D eigenvalue weighted by atomic mass is 32.2. The van der Waals surface area contributed by atoms with E-state index in [0.717, 1.165) is 0 Å². The first-order valence-electron chi connectivity index (χ1n) is 7.75. The number of fused-ring (bicyclic) bond motifs is 1. The number of amides is 2. The fourth-order valence-electron chi connectivity index (χ4n) is 3.15. The maximum absolute atomic E-state index is 12.9. The normalized spacial score (nSPS) is 27.3. The molecule has 1 fully saturated rings. The lowest BCUT2D eigenvalue weighted by Crippen LogP contribution is -2.82. The van der Waals surface area contributed by atoms with Crippen LogP contribution in [0.15, 0.2) is 29.3 Å². The first-order valence-corrected chi connectivity index (χ1v) is 10.0. The molecule has 1 saturated heterocycles. The minimum Gasteiger partial charge on any atom is -0.461 e. The van der Waals surface area contributed by atoms with E-state index in [-0.39, 0.29) is 18.3 Å². The van der Waals surface area contributed by atoms with Crippen LogP contribution in [0.3, 0.4) is 0 Å². The summed E-state index contributed by atoms with van der Waals surface area (Å²) in [5.74, 6) is -1.19. The number of hydrogen-bond acceptors (Lipinski definition) is 7. The summed E-state index contributed by atoms with van der Waals surface area (Å²) in [6.45, 7) is 2.59. The quantitative estimate of drug-likeness (QED) is 0.414. The van der Waals surface area contributed by atoms with Gasteiger partial charge < -0.3 is 9.47 Å². The molecule has 0 spiro atoms. The SMILES string of the molecule is COC1(N(C(C)=O)c2cccs2)C(=O)N2C=C(COC(C)=O)CS(=O)[C@@H]21. The largest absolute Gasteiger partial charge is 0.461 e. The van der Waals surface area contributed by atoms with Crippen molar-refractivity contribution in [1.82, 2.24) is 4.90 Å². The highest BCUT2D eigenvalue weighted by Gasteiger charge is 2.69. The number of nitrogens with zero attached hydrogens (tertiary/aromatic N) is 2. The average molecular weight is 398 g/mol. The number of esters is 1. The Morgan fingerprint density at radius 1 is 1.46 bits per heavy atom. The smallest absolute Gasteiger partial charge is 0.302 e. The molecule has 8 nitrogen and oxygen atoms in total. The molecule has 3 rings (SSSR count). The van der Waals surface area contributed by atoms with Crippen molar-refractivity contribution < 1.29 is 28.1 Å². The lowest BCUT2D eigenvalue weighted by molar-refractivity contribution is -0.182. The van der Waals surface area contributed by atoms with E-state index in [1.165, 1.54) is 48.3 Å². The molecule has 2 unspecified atom stereocenters. The fourth-order valence-corrected chi connectivity index (χ4v) is 5.73. The number of carbonyl (C=O) groups is 3. The molecule has 0 N–H and O–H groups in total. The lowest BCUT2D eigenvalue weighted by atomic mass is 9.99. The van der Waals surface area contributed by atoms with Crippen LogP contribution in [0.25, 0.3) is 0 Å². The van der Waals surface area contributed by atoms with Crippen molar-refractivity contribution in [2.75, 3.05) is 24.4 Å². The van der Waals surface area contributed by atoms with Gasteiger partial charge in [-0.1, -0.05) is 0 Å². The maximum Gasteiger partial charge on any atom is 0.302 e.